The van der Waals surface area contributed by atoms with Gasteiger partial charge in [-0.05, 0) is 18.2 Å². The number of pyridine rings is 1. The number of halogens is 1. The van der Waals surface area contributed by atoms with Crippen LogP contribution in [0.1, 0.15) is 0 Å². The topological polar surface area (TPSA) is 91.5 Å². The quantitative estimate of drug-likeness (QED) is 0.820. The molecule has 0 amide bonds. The molecule has 1 aromatic carbocycles. The van der Waals surface area contributed by atoms with E-state index >= 15 is 0 Å². The number of primary sulfonamides is 1. The molecule has 1 fully saturated rings. The van der Waals surface area contributed by atoms with E-state index in [2.05, 4.69) is 4.98 Å². The normalized spacial score (nSPS) is 15.3. The molecule has 0 spiro atoms. The molecule has 114 valence electrons. The summed E-state index contributed by atoms with van der Waals surface area (Å²) in [6.07, 6.45) is 2.97. The fourth-order valence-electron chi connectivity index (χ4n) is 2.39. The Hall–Kier alpha value is -1.81. The van der Waals surface area contributed by atoms with Gasteiger partial charge in [0.05, 0.1) is 18.1 Å². The van der Waals surface area contributed by atoms with Crippen molar-refractivity contribution >= 4 is 22.6 Å². The number of nitrogens with zero attached hydrogens (tertiary/aromatic N) is 1. The van der Waals surface area contributed by atoms with Gasteiger partial charge in [-0.15, -0.1) is 0 Å². The smallest absolute Gasteiger partial charge is 0.405 e. The lowest BCUT2D eigenvalue weighted by molar-refractivity contribution is 0.365. The molecule has 9 heteroatoms. The van der Waals surface area contributed by atoms with Crippen molar-refractivity contribution < 1.29 is 22.1 Å². The molecular weight excluding hydrogens is 310 g/mol. The summed E-state index contributed by atoms with van der Waals surface area (Å²) in [5, 5.41) is 5.25. The molecule has 0 unspecified atom stereocenters. The SMILES string of the molecule is NS(=O)(=O)c1ccc(F)c(-c2cccnc2)c1B1OCCO1. The van der Waals surface area contributed by atoms with Crippen molar-refractivity contribution in [3.8, 4) is 11.1 Å². The average molecular weight is 322 g/mol. The Bertz CT molecular complexity index is 795. The van der Waals surface area contributed by atoms with Crippen LogP contribution in [-0.2, 0) is 19.3 Å². The monoisotopic (exact) mass is 322 g/mol. The van der Waals surface area contributed by atoms with Crippen molar-refractivity contribution in [1.82, 2.24) is 4.98 Å². The minimum atomic E-state index is -4.07. The van der Waals surface area contributed by atoms with Gasteiger partial charge in [0.15, 0.2) is 0 Å². The molecule has 2 N–H and O–H groups in total. The van der Waals surface area contributed by atoms with Crippen molar-refractivity contribution in [1.29, 1.82) is 0 Å². The molecule has 1 aromatic heterocycles. The lowest BCUT2D eigenvalue weighted by atomic mass is 9.74. The summed E-state index contributed by atoms with van der Waals surface area (Å²) >= 11 is 0. The van der Waals surface area contributed by atoms with Crippen LogP contribution in [0.15, 0.2) is 41.6 Å². The Labute approximate surface area is 127 Å². The molecule has 2 heterocycles. The van der Waals surface area contributed by atoms with E-state index in [0.717, 1.165) is 12.1 Å². The first-order valence-electron chi connectivity index (χ1n) is 6.47. The maximum atomic E-state index is 14.4. The summed E-state index contributed by atoms with van der Waals surface area (Å²) in [7, 11) is -5.05. The minimum absolute atomic E-state index is 0.0616. The zero-order valence-corrected chi connectivity index (χ0v) is 12.2. The largest absolute Gasteiger partial charge is 0.496 e. The predicted molar refractivity (Wildman–Crippen MR) is 78.3 cm³/mol. The molecule has 6 nitrogen and oxygen atoms in total. The highest BCUT2D eigenvalue weighted by molar-refractivity contribution is 7.89. The van der Waals surface area contributed by atoms with Crippen molar-refractivity contribution in [2.75, 3.05) is 13.2 Å². The minimum Gasteiger partial charge on any atom is -0.405 e. The summed E-state index contributed by atoms with van der Waals surface area (Å²) in [6.45, 7) is 0.579. The molecule has 2 aromatic rings. The Kier molecular flexibility index (Phi) is 3.96. The Balaban J connectivity index is 2.32. The van der Waals surface area contributed by atoms with E-state index in [4.69, 9.17) is 14.4 Å². The van der Waals surface area contributed by atoms with Gasteiger partial charge < -0.3 is 9.31 Å². The molecule has 3 rings (SSSR count). The van der Waals surface area contributed by atoms with Crippen LogP contribution in [-0.4, -0.2) is 33.7 Å². The summed E-state index contributed by atoms with van der Waals surface area (Å²) in [5.41, 5.74) is 0.541. The van der Waals surface area contributed by atoms with Gasteiger partial charge in [-0.3, -0.25) is 4.98 Å². The number of hydrogen-bond donors (Lipinski definition) is 1. The van der Waals surface area contributed by atoms with Crippen LogP contribution < -0.4 is 10.6 Å². The van der Waals surface area contributed by atoms with Gasteiger partial charge in [0.1, 0.15) is 5.82 Å². The van der Waals surface area contributed by atoms with Crippen LogP contribution in [0.2, 0.25) is 0 Å². The molecule has 1 saturated heterocycles. The maximum Gasteiger partial charge on any atom is 0.496 e. The zero-order valence-electron chi connectivity index (χ0n) is 11.4. The number of sulfonamides is 1. The number of hydrogen-bond acceptors (Lipinski definition) is 5. The number of rotatable bonds is 3. The molecule has 1 aliphatic heterocycles. The molecule has 0 bridgehead atoms. The van der Waals surface area contributed by atoms with Gasteiger partial charge in [0.2, 0.25) is 10.0 Å². The first-order valence-corrected chi connectivity index (χ1v) is 8.02. The van der Waals surface area contributed by atoms with E-state index in [1.807, 2.05) is 0 Å². The zero-order chi connectivity index (χ0) is 15.7. The van der Waals surface area contributed by atoms with Crippen molar-refractivity contribution in [3.05, 3.63) is 42.5 Å². The van der Waals surface area contributed by atoms with E-state index in [1.165, 1.54) is 12.4 Å². The third-order valence-corrected chi connectivity index (χ3v) is 4.24. The first-order chi connectivity index (χ1) is 10.5. The third-order valence-electron chi connectivity index (χ3n) is 3.27. The van der Waals surface area contributed by atoms with Crippen LogP contribution in [0, 0.1) is 5.82 Å². The van der Waals surface area contributed by atoms with E-state index in [0.29, 0.717) is 5.56 Å². The van der Waals surface area contributed by atoms with Gasteiger partial charge >= 0.3 is 7.12 Å². The number of benzene rings is 1. The molecule has 22 heavy (non-hydrogen) atoms. The van der Waals surface area contributed by atoms with E-state index in [1.54, 1.807) is 12.1 Å². The van der Waals surface area contributed by atoms with E-state index in [-0.39, 0.29) is 29.1 Å². The molecule has 0 aliphatic carbocycles. The Morgan fingerprint density at radius 2 is 1.95 bits per heavy atom. The molecule has 0 radical (unpaired) electrons. The van der Waals surface area contributed by atoms with Crippen molar-refractivity contribution in [2.24, 2.45) is 5.14 Å². The molecular formula is C13H12BFN2O4S. The predicted octanol–water partition coefficient (Wildman–Crippen LogP) is 0.277. The second kappa shape index (κ2) is 5.77. The second-order valence-corrected chi connectivity index (χ2v) is 6.22. The van der Waals surface area contributed by atoms with E-state index < -0.39 is 23.0 Å². The highest BCUT2D eigenvalue weighted by Crippen LogP contribution is 2.25. The number of nitrogens with two attached hydrogens (primary N) is 1. The Morgan fingerprint density at radius 1 is 1.23 bits per heavy atom. The van der Waals surface area contributed by atoms with Gasteiger partial charge in [0.25, 0.3) is 0 Å². The first kappa shape index (κ1) is 15.1. The lowest BCUT2D eigenvalue weighted by Gasteiger charge is -2.16. The fraction of sp³-hybridized carbons (Fsp3) is 0.154. The molecule has 0 atom stereocenters. The van der Waals surface area contributed by atoms with Crippen molar-refractivity contribution in [2.45, 2.75) is 4.90 Å². The van der Waals surface area contributed by atoms with Crippen LogP contribution >= 0.6 is 0 Å². The number of aromatic nitrogens is 1. The Morgan fingerprint density at radius 3 is 2.55 bits per heavy atom. The second-order valence-electron chi connectivity index (χ2n) is 4.69. The summed E-state index contributed by atoms with van der Waals surface area (Å²) in [5.74, 6) is -0.602. The highest BCUT2D eigenvalue weighted by atomic mass is 32.2. The standard InChI is InChI=1S/C13H12BFN2O4S/c15-10-3-4-11(22(16,18)19)13(14-20-6-7-21-14)12(10)9-2-1-5-17-8-9/h1-5,8H,6-7H2,(H2,16,18,19). The van der Waals surface area contributed by atoms with Gasteiger partial charge in [-0.1, -0.05) is 6.07 Å². The molecule has 1 aliphatic rings. The summed E-state index contributed by atoms with van der Waals surface area (Å²) < 4.78 is 48.8. The lowest BCUT2D eigenvalue weighted by Crippen LogP contribution is -2.39. The highest BCUT2D eigenvalue weighted by Gasteiger charge is 2.36. The molecule has 0 saturated carbocycles. The average Bonchev–Trinajstić information content (AvgIpc) is 3.00. The van der Waals surface area contributed by atoms with Crippen LogP contribution in [0.3, 0.4) is 0 Å². The van der Waals surface area contributed by atoms with Crippen LogP contribution in [0.25, 0.3) is 11.1 Å². The fourth-order valence-corrected chi connectivity index (χ4v) is 3.15. The third kappa shape index (κ3) is 2.75. The summed E-state index contributed by atoms with van der Waals surface area (Å²) in [4.78, 5) is 3.71. The van der Waals surface area contributed by atoms with Gasteiger partial charge in [-0.2, -0.15) is 0 Å². The van der Waals surface area contributed by atoms with Crippen molar-refractivity contribution in [3.63, 3.8) is 0 Å². The van der Waals surface area contributed by atoms with E-state index in [9.17, 15) is 12.8 Å². The van der Waals surface area contributed by atoms with Crippen LogP contribution in [0.4, 0.5) is 4.39 Å². The summed E-state index contributed by atoms with van der Waals surface area (Å²) in [6, 6.07) is 5.42. The van der Waals surface area contributed by atoms with Gasteiger partial charge in [0, 0.05) is 29.0 Å². The van der Waals surface area contributed by atoms with Gasteiger partial charge in [-0.25, -0.2) is 17.9 Å². The van der Waals surface area contributed by atoms with Crippen LogP contribution in [0.5, 0.6) is 0 Å². The maximum absolute atomic E-state index is 14.4.